The Labute approximate surface area is 145 Å². The summed E-state index contributed by atoms with van der Waals surface area (Å²) in [5.74, 6) is -0.0657. The first-order valence-corrected chi connectivity index (χ1v) is 8.97. The van der Waals surface area contributed by atoms with Crippen molar-refractivity contribution < 1.29 is 9.59 Å². The fourth-order valence-corrected chi connectivity index (χ4v) is 3.67. The molecule has 2 aromatic rings. The van der Waals surface area contributed by atoms with Crippen LogP contribution in [0.1, 0.15) is 35.0 Å². The van der Waals surface area contributed by atoms with Gasteiger partial charge in [-0.25, -0.2) is 4.98 Å². The van der Waals surface area contributed by atoms with Crippen molar-refractivity contribution in [2.24, 2.45) is 5.92 Å². The van der Waals surface area contributed by atoms with Crippen molar-refractivity contribution in [1.82, 2.24) is 9.88 Å². The van der Waals surface area contributed by atoms with E-state index in [9.17, 15) is 9.59 Å². The number of amides is 1. The van der Waals surface area contributed by atoms with Crippen LogP contribution in [0.25, 0.3) is 0 Å². The molecule has 2 heterocycles. The monoisotopic (exact) mass is 343 g/mol. The van der Waals surface area contributed by atoms with Gasteiger partial charge in [-0.05, 0) is 24.9 Å². The predicted molar refractivity (Wildman–Crippen MR) is 95.2 cm³/mol. The van der Waals surface area contributed by atoms with Gasteiger partial charge in [0.25, 0.3) is 0 Å². The third kappa shape index (κ3) is 4.27. The van der Waals surface area contributed by atoms with Crippen LogP contribution in [0.15, 0.2) is 36.5 Å². The molecule has 0 aliphatic carbocycles. The number of nitrogens with one attached hydrogen (secondary N) is 1. The number of carbonyl (C=O) groups is 2. The van der Waals surface area contributed by atoms with Crippen LogP contribution in [0, 0.1) is 5.92 Å². The Kier molecular flexibility index (Phi) is 5.37. The lowest BCUT2D eigenvalue weighted by molar-refractivity contribution is -0.121. The minimum absolute atomic E-state index is 0.00258. The summed E-state index contributed by atoms with van der Waals surface area (Å²) in [6.45, 7) is 4.15. The molecule has 3 rings (SSSR count). The third-order valence-corrected chi connectivity index (χ3v) is 5.22. The van der Waals surface area contributed by atoms with E-state index in [1.807, 2.05) is 18.2 Å². The fourth-order valence-electron chi connectivity index (χ4n) is 2.96. The number of benzene rings is 1. The quantitative estimate of drug-likeness (QED) is 0.847. The molecule has 1 unspecified atom stereocenters. The number of thiazole rings is 1. The van der Waals surface area contributed by atoms with Crippen molar-refractivity contribution in [3.8, 4) is 0 Å². The second-order valence-corrected chi connectivity index (χ2v) is 7.17. The minimum Gasteiger partial charge on any atom is -0.302 e. The van der Waals surface area contributed by atoms with E-state index in [0.29, 0.717) is 10.0 Å². The summed E-state index contributed by atoms with van der Waals surface area (Å²) >= 11 is 1.23. The summed E-state index contributed by atoms with van der Waals surface area (Å²) < 4.78 is 0. The lowest BCUT2D eigenvalue weighted by atomic mass is 9.97. The van der Waals surface area contributed by atoms with Gasteiger partial charge in [-0.1, -0.05) is 41.7 Å². The molecule has 24 heavy (non-hydrogen) atoms. The van der Waals surface area contributed by atoms with Gasteiger partial charge in [0.05, 0.1) is 17.0 Å². The largest absolute Gasteiger partial charge is 0.302 e. The van der Waals surface area contributed by atoms with Crippen LogP contribution in [-0.2, 0) is 11.3 Å². The van der Waals surface area contributed by atoms with E-state index in [4.69, 9.17) is 0 Å². The highest BCUT2D eigenvalue weighted by Crippen LogP contribution is 2.23. The van der Waals surface area contributed by atoms with Gasteiger partial charge in [0.15, 0.2) is 10.9 Å². The van der Waals surface area contributed by atoms with Gasteiger partial charge in [0.2, 0.25) is 5.91 Å². The lowest BCUT2D eigenvalue weighted by Gasteiger charge is -2.31. The third-order valence-electron chi connectivity index (χ3n) is 4.21. The number of aromatic nitrogens is 1. The Morgan fingerprint density at radius 1 is 1.33 bits per heavy atom. The number of carbonyl (C=O) groups excluding carboxylic acids is 2. The average molecular weight is 343 g/mol. The summed E-state index contributed by atoms with van der Waals surface area (Å²) in [6, 6.07) is 10.3. The Morgan fingerprint density at radius 3 is 2.83 bits per heavy atom. The van der Waals surface area contributed by atoms with Crippen molar-refractivity contribution >= 4 is 28.2 Å². The van der Waals surface area contributed by atoms with Crippen LogP contribution in [0.4, 0.5) is 5.13 Å². The standard InChI is InChI=1S/C18H21N3O2S/c1-13(22)16-10-19-18(24-16)20-17(23)15-8-5-9-21(12-15)11-14-6-3-2-4-7-14/h2-4,6-7,10,15H,5,8-9,11-12H2,1H3,(H,19,20,23). The summed E-state index contributed by atoms with van der Waals surface area (Å²) in [4.78, 5) is 30.8. The second kappa shape index (κ2) is 7.68. The minimum atomic E-state index is -0.0351. The van der Waals surface area contributed by atoms with E-state index in [1.165, 1.54) is 30.0 Å². The number of Topliss-reactive ketones (excluding diaryl/α,β-unsaturated/α-hetero) is 1. The molecule has 1 saturated heterocycles. The average Bonchev–Trinajstić information content (AvgIpc) is 3.05. The van der Waals surface area contributed by atoms with Crippen LogP contribution in [0.2, 0.25) is 0 Å². The van der Waals surface area contributed by atoms with Crippen molar-refractivity contribution in [3.63, 3.8) is 0 Å². The number of hydrogen-bond acceptors (Lipinski definition) is 5. The van der Waals surface area contributed by atoms with E-state index in [1.54, 1.807) is 0 Å². The predicted octanol–water partition coefficient (Wildman–Crippen LogP) is 3.20. The summed E-state index contributed by atoms with van der Waals surface area (Å²) in [5.41, 5.74) is 1.27. The van der Waals surface area contributed by atoms with E-state index < -0.39 is 0 Å². The highest BCUT2D eigenvalue weighted by molar-refractivity contribution is 7.17. The SMILES string of the molecule is CC(=O)c1cnc(NC(=O)C2CCCN(Cc3ccccc3)C2)s1. The van der Waals surface area contributed by atoms with Crippen molar-refractivity contribution in [1.29, 1.82) is 0 Å². The zero-order chi connectivity index (χ0) is 16.9. The molecule has 0 saturated carbocycles. The molecular formula is C18H21N3O2S. The summed E-state index contributed by atoms with van der Waals surface area (Å²) in [5, 5.41) is 3.37. The topological polar surface area (TPSA) is 62.3 Å². The number of ketones is 1. The van der Waals surface area contributed by atoms with Crippen LogP contribution >= 0.6 is 11.3 Å². The van der Waals surface area contributed by atoms with E-state index >= 15 is 0 Å². The van der Waals surface area contributed by atoms with Gasteiger partial charge in [0, 0.05) is 20.0 Å². The Hall–Kier alpha value is -2.05. The van der Waals surface area contributed by atoms with Gasteiger partial charge < -0.3 is 5.32 Å². The number of anilines is 1. The van der Waals surface area contributed by atoms with Gasteiger partial charge >= 0.3 is 0 Å². The fraction of sp³-hybridized carbons (Fsp3) is 0.389. The molecule has 0 spiro atoms. The Balaban J connectivity index is 1.57. The zero-order valence-electron chi connectivity index (χ0n) is 13.7. The molecular weight excluding hydrogens is 322 g/mol. The van der Waals surface area contributed by atoms with Gasteiger partial charge in [-0.15, -0.1) is 0 Å². The Bertz CT molecular complexity index is 714. The highest BCUT2D eigenvalue weighted by Gasteiger charge is 2.26. The molecule has 126 valence electrons. The normalized spacial score (nSPS) is 18.3. The van der Waals surface area contributed by atoms with Crippen LogP contribution in [0.3, 0.4) is 0 Å². The van der Waals surface area contributed by atoms with E-state index in [2.05, 4.69) is 27.3 Å². The van der Waals surface area contributed by atoms with Crippen LogP contribution < -0.4 is 5.32 Å². The molecule has 1 amide bonds. The molecule has 1 aromatic carbocycles. The van der Waals surface area contributed by atoms with Gasteiger partial charge in [0.1, 0.15) is 0 Å². The van der Waals surface area contributed by atoms with Gasteiger partial charge in [-0.2, -0.15) is 0 Å². The molecule has 5 nitrogen and oxygen atoms in total. The molecule has 0 bridgehead atoms. The highest BCUT2D eigenvalue weighted by atomic mass is 32.1. The molecule has 0 radical (unpaired) electrons. The molecule has 1 aliphatic rings. The number of hydrogen-bond donors (Lipinski definition) is 1. The van der Waals surface area contributed by atoms with E-state index in [0.717, 1.165) is 32.5 Å². The maximum absolute atomic E-state index is 12.5. The molecule has 1 fully saturated rings. The first-order valence-electron chi connectivity index (χ1n) is 8.16. The number of piperidine rings is 1. The maximum Gasteiger partial charge on any atom is 0.230 e. The molecule has 6 heteroatoms. The maximum atomic E-state index is 12.5. The van der Waals surface area contributed by atoms with Gasteiger partial charge in [-0.3, -0.25) is 14.5 Å². The zero-order valence-corrected chi connectivity index (χ0v) is 14.5. The Morgan fingerprint density at radius 2 is 2.12 bits per heavy atom. The van der Waals surface area contributed by atoms with E-state index in [-0.39, 0.29) is 17.6 Å². The smallest absolute Gasteiger partial charge is 0.230 e. The summed E-state index contributed by atoms with van der Waals surface area (Å²) in [7, 11) is 0. The molecule has 1 N–H and O–H groups in total. The molecule has 1 aromatic heterocycles. The number of rotatable bonds is 5. The van der Waals surface area contributed by atoms with Crippen molar-refractivity contribution in [2.45, 2.75) is 26.3 Å². The van der Waals surface area contributed by atoms with Crippen molar-refractivity contribution in [2.75, 3.05) is 18.4 Å². The second-order valence-electron chi connectivity index (χ2n) is 6.13. The summed E-state index contributed by atoms with van der Waals surface area (Å²) in [6.07, 6.45) is 3.43. The van der Waals surface area contributed by atoms with Crippen LogP contribution in [0.5, 0.6) is 0 Å². The first kappa shape index (κ1) is 16.8. The van der Waals surface area contributed by atoms with Crippen LogP contribution in [-0.4, -0.2) is 34.7 Å². The first-order chi connectivity index (χ1) is 11.6. The molecule has 1 aliphatic heterocycles. The molecule has 1 atom stereocenters. The lowest BCUT2D eigenvalue weighted by Crippen LogP contribution is -2.40. The van der Waals surface area contributed by atoms with Crippen molar-refractivity contribution in [3.05, 3.63) is 47.0 Å². The number of likely N-dealkylation sites (tertiary alicyclic amines) is 1. The number of nitrogens with zero attached hydrogens (tertiary/aromatic N) is 2.